The Hall–Kier alpha value is -2.75. The number of hydrogen-bond acceptors (Lipinski definition) is 4. The number of benzene rings is 2. The monoisotopic (exact) mass is 375 g/mol. The normalized spacial score (nSPS) is 11.8. The molecule has 134 valence electrons. The van der Waals surface area contributed by atoms with Crippen molar-refractivity contribution in [2.45, 2.75) is 18.2 Å². The number of nitrogens with one attached hydrogen (secondary N) is 1. The van der Waals surface area contributed by atoms with Gasteiger partial charge in [-0.25, -0.2) is 13.2 Å². The molecule has 0 amide bonds. The molecule has 0 radical (unpaired) electrons. The predicted octanol–water partition coefficient (Wildman–Crippen LogP) is 3.39. The predicted molar refractivity (Wildman–Crippen MR) is 82.1 cm³/mol. The van der Waals surface area contributed by atoms with Crippen LogP contribution in [0.4, 0.5) is 18.9 Å². The molecule has 0 saturated heterocycles. The summed E-state index contributed by atoms with van der Waals surface area (Å²) in [5.74, 6) is -2.07. The fourth-order valence-electron chi connectivity index (χ4n) is 1.99. The molecule has 6 nitrogen and oxygen atoms in total. The van der Waals surface area contributed by atoms with Crippen LogP contribution in [0.2, 0.25) is 0 Å². The van der Waals surface area contributed by atoms with E-state index in [-0.39, 0.29) is 16.0 Å². The molecule has 2 aromatic rings. The fraction of sp³-hybridized carbons (Fsp3) is 0.133. The molecule has 0 atom stereocenters. The molecule has 0 aliphatic carbocycles. The highest BCUT2D eigenvalue weighted by molar-refractivity contribution is 7.92. The number of sulfonamides is 1. The zero-order valence-corrected chi connectivity index (χ0v) is 13.5. The maximum Gasteiger partial charge on any atom is 0.573 e. The second-order valence-electron chi connectivity index (χ2n) is 4.93. The van der Waals surface area contributed by atoms with E-state index in [9.17, 15) is 26.4 Å². The zero-order valence-electron chi connectivity index (χ0n) is 12.7. The van der Waals surface area contributed by atoms with E-state index in [1.165, 1.54) is 31.2 Å². The minimum absolute atomic E-state index is 0.228. The highest BCUT2D eigenvalue weighted by Crippen LogP contribution is 2.32. The number of carbonyl (C=O) groups is 1. The molecule has 2 aromatic carbocycles. The second-order valence-corrected chi connectivity index (χ2v) is 6.59. The molecular weight excluding hydrogens is 363 g/mol. The Balaban J connectivity index is 2.44. The van der Waals surface area contributed by atoms with Crippen molar-refractivity contribution in [3.8, 4) is 5.75 Å². The van der Waals surface area contributed by atoms with E-state index in [0.29, 0.717) is 0 Å². The van der Waals surface area contributed by atoms with Crippen LogP contribution in [0.1, 0.15) is 15.9 Å². The first-order chi connectivity index (χ1) is 11.5. The maximum absolute atomic E-state index is 12.5. The highest BCUT2D eigenvalue weighted by Gasteiger charge is 2.32. The van der Waals surface area contributed by atoms with Crippen molar-refractivity contribution in [1.29, 1.82) is 0 Å². The quantitative estimate of drug-likeness (QED) is 0.836. The number of halogens is 3. The molecule has 10 heteroatoms. The summed E-state index contributed by atoms with van der Waals surface area (Å²) in [7, 11) is -4.34. The first-order valence-corrected chi connectivity index (χ1v) is 8.19. The first-order valence-electron chi connectivity index (χ1n) is 6.71. The fourth-order valence-corrected chi connectivity index (χ4v) is 3.33. The van der Waals surface area contributed by atoms with Gasteiger partial charge >= 0.3 is 12.3 Å². The van der Waals surface area contributed by atoms with Crippen LogP contribution in [-0.4, -0.2) is 25.9 Å². The number of ether oxygens (including phenoxy) is 1. The van der Waals surface area contributed by atoms with Gasteiger partial charge in [-0.3, -0.25) is 4.72 Å². The SMILES string of the molecule is Cc1ccc(C(=O)O)cc1S(=O)(=O)Nc1ccccc1OC(F)(F)F. The Morgan fingerprint density at radius 2 is 1.80 bits per heavy atom. The van der Waals surface area contributed by atoms with Gasteiger partial charge in [0.15, 0.2) is 5.75 Å². The van der Waals surface area contributed by atoms with Gasteiger partial charge in [-0.05, 0) is 36.8 Å². The average Bonchev–Trinajstić information content (AvgIpc) is 2.47. The van der Waals surface area contributed by atoms with E-state index in [0.717, 1.165) is 18.2 Å². The van der Waals surface area contributed by atoms with Gasteiger partial charge < -0.3 is 9.84 Å². The summed E-state index contributed by atoms with van der Waals surface area (Å²) in [4.78, 5) is 10.6. The number of alkyl halides is 3. The van der Waals surface area contributed by atoms with E-state index in [1.807, 2.05) is 4.72 Å². The molecular formula is C15H12F3NO5S. The second kappa shape index (κ2) is 6.63. The van der Waals surface area contributed by atoms with Crippen molar-refractivity contribution in [1.82, 2.24) is 0 Å². The summed E-state index contributed by atoms with van der Waals surface area (Å²) in [6, 6.07) is 8.04. The van der Waals surface area contributed by atoms with Crippen molar-refractivity contribution in [2.75, 3.05) is 4.72 Å². The van der Waals surface area contributed by atoms with Crippen molar-refractivity contribution in [2.24, 2.45) is 0 Å². The van der Waals surface area contributed by atoms with Crippen LogP contribution >= 0.6 is 0 Å². The Labute approximate surface area is 140 Å². The van der Waals surface area contributed by atoms with Gasteiger partial charge in [-0.1, -0.05) is 18.2 Å². The molecule has 0 fully saturated rings. The van der Waals surface area contributed by atoms with Crippen LogP contribution in [0.25, 0.3) is 0 Å². The van der Waals surface area contributed by atoms with Crippen LogP contribution in [0.15, 0.2) is 47.4 Å². The first kappa shape index (κ1) is 18.6. The summed E-state index contributed by atoms with van der Waals surface area (Å²) in [6.07, 6.45) is -5.00. The largest absolute Gasteiger partial charge is 0.573 e. The third-order valence-corrected chi connectivity index (χ3v) is 4.59. The van der Waals surface area contributed by atoms with Gasteiger partial charge in [0, 0.05) is 0 Å². The van der Waals surface area contributed by atoms with Crippen LogP contribution in [0.3, 0.4) is 0 Å². The number of rotatable bonds is 5. The molecule has 0 unspecified atom stereocenters. The van der Waals surface area contributed by atoms with Crippen molar-refractivity contribution >= 4 is 21.7 Å². The number of aryl methyl sites for hydroxylation is 1. The smallest absolute Gasteiger partial charge is 0.478 e. The Kier molecular flexibility index (Phi) is 4.93. The molecule has 0 bridgehead atoms. The van der Waals surface area contributed by atoms with Crippen molar-refractivity contribution < 1.29 is 36.2 Å². The molecule has 0 aromatic heterocycles. The third kappa shape index (κ3) is 4.63. The van der Waals surface area contributed by atoms with E-state index in [2.05, 4.69) is 4.74 Å². The van der Waals surface area contributed by atoms with Crippen LogP contribution in [0, 0.1) is 6.92 Å². The van der Waals surface area contributed by atoms with Gasteiger partial charge in [0.25, 0.3) is 10.0 Å². The summed E-state index contributed by atoms with van der Waals surface area (Å²) < 4.78 is 68.0. The molecule has 25 heavy (non-hydrogen) atoms. The lowest BCUT2D eigenvalue weighted by Crippen LogP contribution is -2.20. The molecule has 0 saturated carbocycles. The standard InChI is InChI=1S/C15H12F3NO5S/c1-9-6-7-10(14(20)21)8-13(9)25(22,23)19-11-4-2-3-5-12(11)24-15(16,17)18/h2-8,19H,1H3,(H,20,21). The van der Waals surface area contributed by atoms with E-state index >= 15 is 0 Å². The lowest BCUT2D eigenvalue weighted by Gasteiger charge is -2.15. The van der Waals surface area contributed by atoms with Crippen LogP contribution < -0.4 is 9.46 Å². The van der Waals surface area contributed by atoms with Crippen molar-refractivity contribution in [3.05, 3.63) is 53.6 Å². The summed E-state index contributed by atoms with van der Waals surface area (Å²) in [6.45, 7) is 1.43. The molecule has 2 N–H and O–H groups in total. The van der Waals surface area contributed by atoms with Gasteiger partial charge in [0.1, 0.15) is 0 Å². The Morgan fingerprint density at radius 1 is 1.16 bits per heavy atom. The number of carboxylic acid groups (broad SMARTS) is 1. The molecule has 0 aliphatic rings. The highest BCUT2D eigenvalue weighted by atomic mass is 32.2. The molecule has 0 heterocycles. The number of para-hydroxylation sites is 2. The average molecular weight is 375 g/mol. The molecule has 0 spiro atoms. The summed E-state index contributed by atoms with van der Waals surface area (Å²) in [5.41, 5.74) is -0.475. The number of anilines is 1. The van der Waals surface area contributed by atoms with E-state index < -0.39 is 33.8 Å². The summed E-state index contributed by atoms with van der Waals surface area (Å²) in [5, 5.41) is 8.97. The van der Waals surface area contributed by atoms with Crippen LogP contribution in [0.5, 0.6) is 5.75 Å². The zero-order chi connectivity index (χ0) is 18.8. The Bertz CT molecular complexity index is 910. The van der Waals surface area contributed by atoms with E-state index in [4.69, 9.17) is 5.11 Å². The lowest BCUT2D eigenvalue weighted by molar-refractivity contribution is -0.274. The van der Waals surface area contributed by atoms with Crippen LogP contribution in [-0.2, 0) is 10.0 Å². The lowest BCUT2D eigenvalue weighted by atomic mass is 10.1. The van der Waals surface area contributed by atoms with E-state index in [1.54, 1.807) is 0 Å². The van der Waals surface area contributed by atoms with Crippen molar-refractivity contribution in [3.63, 3.8) is 0 Å². The van der Waals surface area contributed by atoms with Gasteiger partial charge in [0.05, 0.1) is 16.1 Å². The Morgan fingerprint density at radius 3 is 2.40 bits per heavy atom. The minimum Gasteiger partial charge on any atom is -0.478 e. The molecule has 2 rings (SSSR count). The third-order valence-electron chi connectivity index (χ3n) is 3.08. The summed E-state index contributed by atoms with van der Waals surface area (Å²) >= 11 is 0. The molecule has 0 aliphatic heterocycles. The number of hydrogen-bond donors (Lipinski definition) is 2. The maximum atomic E-state index is 12.5. The van der Waals surface area contributed by atoms with Gasteiger partial charge in [0.2, 0.25) is 0 Å². The van der Waals surface area contributed by atoms with Gasteiger partial charge in [-0.2, -0.15) is 0 Å². The number of carboxylic acids is 1. The number of aromatic carboxylic acids is 1. The van der Waals surface area contributed by atoms with Gasteiger partial charge in [-0.15, -0.1) is 13.2 Å². The topological polar surface area (TPSA) is 92.7 Å². The minimum atomic E-state index is -5.00.